The van der Waals surface area contributed by atoms with Crippen LogP contribution in [-0.4, -0.2) is 54.0 Å². The van der Waals surface area contributed by atoms with E-state index in [1.165, 1.54) is 5.56 Å². The number of ether oxygens (including phenoxy) is 3. The first-order chi connectivity index (χ1) is 12.8. The van der Waals surface area contributed by atoms with Crippen molar-refractivity contribution in [2.75, 3.05) is 38.4 Å². The van der Waals surface area contributed by atoms with Crippen molar-refractivity contribution >= 4 is 5.95 Å². The molecule has 2 fully saturated rings. The fourth-order valence-electron chi connectivity index (χ4n) is 4.13. The van der Waals surface area contributed by atoms with Crippen molar-refractivity contribution in [1.29, 1.82) is 0 Å². The molecule has 2 aromatic rings. The molecule has 3 aliphatic rings. The highest BCUT2D eigenvalue weighted by atomic mass is 16.7. The summed E-state index contributed by atoms with van der Waals surface area (Å²) in [6, 6.07) is 8.03. The molecule has 5 rings (SSSR count). The van der Waals surface area contributed by atoms with E-state index < -0.39 is 0 Å². The van der Waals surface area contributed by atoms with E-state index in [1.807, 2.05) is 12.1 Å². The third-order valence-corrected chi connectivity index (χ3v) is 5.45. The van der Waals surface area contributed by atoms with E-state index in [4.69, 9.17) is 14.2 Å². The van der Waals surface area contributed by atoms with Crippen LogP contribution in [0.25, 0.3) is 0 Å². The number of anilines is 1. The van der Waals surface area contributed by atoms with Crippen molar-refractivity contribution in [3.8, 4) is 11.5 Å². The Morgan fingerprint density at radius 2 is 2.00 bits per heavy atom. The van der Waals surface area contributed by atoms with Gasteiger partial charge in [0.05, 0.1) is 12.7 Å². The van der Waals surface area contributed by atoms with Gasteiger partial charge in [0.15, 0.2) is 11.5 Å². The summed E-state index contributed by atoms with van der Waals surface area (Å²) in [6.07, 6.45) is 3.84. The molecule has 1 N–H and O–H groups in total. The van der Waals surface area contributed by atoms with Gasteiger partial charge in [-0.3, -0.25) is 4.90 Å². The Hall–Kier alpha value is -2.38. The molecule has 7 nitrogen and oxygen atoms in total. The minimum Gasteiger partial charge on any atom is -0.454 e. The summed E-state index contributed by atoms with van der Waals surface area (Å²) in [5, 5.41) is 3.34. The summed E-state index contributed by atoms with van der Waals surface area (Å²) in [6.45, 7) is 4.93. The molecule has 0 unspecified atom stereocenters. The van der Waals surface area contributed by atoms with Gasteiger partial charge in [0.25, 0.3) is 0 Å². The van der Waals surface area contributed by atoms with E-state index >= 15 is 0 Å². The maximum Gasteiger partial charge on any atom is 0.231 e. The van der Waals surface area contributed by atoms with E-state index in [1.54, 1.807) is 12.4 Å². The molecule has 7 heteroatoms. The van der Waals surface area contributed by atoms with E-state index in [9.17, 15) is 0 Å². The molecule has 3 atom stereocenters. The number of hydrogen-bond acceptors (Lipinski definition) is 7. The first-order valence-electron chi connectivity index (χ1n) is 9.08. The van der Waals surface area contributed by atoms with Crippen molar-refractivity contribution in [2.24, 2.45) is 11.8 Å². The lowest BCUT2D eigenvalue weighted by atomic mass is 9.93. The van der Waals surface area contributed by atoms with Gasteiger partial charge in [-0.05, 0) is 23.8 Å². The van der Waals surface area contributed by atoms with Gasteiger partial charge in [0, 0.05) is 50.4 Å². The fraction of sp³-hybridized carbons (Fsp3) is 0.474. The SMILES string of the molecule is c1cnc(NC[C@H]2CO[C@@H]3CN(Cc4ccc5c(c4)OCO5)C[C@H]23)nc1. The number of nitrogens with zero attached hydrogens (tertiary/aromatic N) is 3. The Morgan fingerprint density at radius 3 is 2.92 bits per heavy atom. The Bertz CT molecular complexity index is 773. The van der Waals surface area contributed by atoms with Crippen LogP contribution in [0.4, 0.5) is 5.95 Å². The van der Waals surface area contributed by atoms with Crippen LogP contribution >= 0.6 is 0 Å². The predicted octanol–water partition coefficient (Wildman–Crippen LogP) is 1.76. The van der Waals surface area contributed by atoms with E-state index in [2.05, 4.69) is 32.3 Å². The molecule has 0 bridgehead atoms. The lowest BCUT2D eigenvalue weighted by Crippen LogP contribution is -2.27. The van der Waals surface area contributed by atoms with Crippen molar-refractivity contribution in [3.63, 3.8) is 0 Å². The van der Waals surface area contributed by atoms with Gasteiger partial charge in [-0.15, -0.1) is 0 Å². The Labute approximate surface area is 152 Å². The number of benzene rings is 1. The van der Waals surface area contributed by atoms with Crippen LogP contribution in [0.15, 0.2) is 36.7 Å². The lowest BCUT2D eigenvalue weighted by molar-refractivity contribution is 0.0946. The summed E-state index contributed by atoms with van der Waals surface area (Å²) >= 11 is 0. The second-order valence-corrected chi connectivity index (χ2v) is 7.13. The minimum atomic E-state index is 0.320. The molecular weight excluding hydrogens is 332 g/mol. The molecule has 2 saturated heterocycles. The number of hydrogen-bond donors (Lipinski definition) is 1. The average Bonchev–Trinajstić information content (AvgIpc) is 3.36. The number of aromatic nitrogens is 2. The molecule has 136 valence electrons. The monoisotopic (exact) mass is 354 g/mol. The van der Waals surface area contributed by atoms with Gasteiger partial charge in [0.1, 0.15) is 0 Å². The molecule has 0 radical (unpaired) electrons. The van der Waals surface area contributed by atoms with Crippen LogP contribution in [-0.2, 0) is 11.3 Å². The Morgan fingerprint density at radius 1 is 1.12 bits per heavy atom. The fourth-order valence-corrected chi connectivity index (χ4v) is 4.13. The molecule has 0 amide bonds. The van der Waals surface area contributed by atoms with Crippen molar-refractivity contribution < 1.29 is 14.2 Å². The number of nitrogens with one attached hydrogen (secondary N) is 1. The predicted molar refractivity (Wildman–Crippen MR) is 95.1 cm³/mol. The van der Waals surface area contributed by atoms with Crippen LogP contribution in [0.3, 0.4) is 0 Å². The Balaban J connectivity index is 1.18. The number of fused-ring (bicyclic) bond motifs is 2. The third kappa shape index (κ3) is 3.08. The topological polar surface area (TPSA) is 68.7 Å². The second kappa shape index (κ2) is 6.74. The van der Waals surface area contributed by atoms with Gasteiger partial charge in [-0.25, -0.2) is 9.97 Å². The molecular formula is C19H22N4O3. The third-order valence-electron chi connectivity index (χ3n) is 5.45. The summed E-state index contributed by atoms with van der Waals surface area (Å²) in [5.74, 6) is 3.42. The average molecular weight is 354 g/mol. The van der Waals surface area contributed by atoms with Gasteiger partial charge in [-0.2, -0.15) is 0 Å². The van der Waals surface area contributed by atoms with Crippen LogP contribution in [0.5, 0.6) is 11.5 Å². The minimum absolute atomic E-state index is 0.320. The van der Waals surface area contributed by atoms with Crippen molar-refractivity contribution in [1.82, 2.24) is 14.9 Å². The molecule has 0 spiro atoms. The molecule has 1 aromatic carbocycles. The zero-order valence-electron chi connectivity index (χ0n) is 14.5. The Kier molecular flexibility index (Phi) is 4.10. The maximum atomic E-state index is 6.05. The highest BCUT2D eigenvalue weighted by molar-refractivity contribution is 5.44. The standard InChI is InChI=1S/C19H22N4O3/c1-4-20-19(21-5-1)22-7-14-11-24-18-10-23(9-15(14)18)8-13-2-3-16-17(6-13)26-12-25-16/h1-6,14-15,18H,7-12H2,(H,20,21,22)/t14-,15+,18+/m0/s1. The van der Waals surface area contributed by atoms with Crippen LogP contribution < -0.4 is 14.8 Å². The highest BCUT2D eigenvalue weighted by Crippen LogP contribution is 2.36. The quantitative estimate of drug-likeness (QED) is 0.877. The maximum absolute atomic E-state index is 6.05. The summed E-state index contributed by atoms with van der Waals surface area (Å²) in [4.78, 5) is 10.9. The summed E-state index contributed by atoms with van der Waals surface area (Å²) in [5.41, 5.74) is 1.25. The normalized spacial score (nSPS) is 26.8. The van der Waals surface area contributed by atoms with Gasteiger partial charge < -0.3 is 19.5 Å². The molecule has 26 heavy (non-hydrogen) atoms. The van der Waals surface area contributed by atoms with Crippen molar-refractivity contribution in [2.45, 2.75) is 12.6 Å². The van der Waals surface area contributed by atoms with Crippen LogP contribution in [0.1, 0.15) is 5.56 Å². The van der Waals surface area contributed by atoms with E-state index in [0.29, 0.717) is 30.7 Å². The van der Waals surface area contributed by atoms with Crippen molar-refractivity contribution in [3.05, 3.63) is 42.2 Å². The summed E-state index contributed by atoms with van der Waals surface area (Å²) < 4.78 is 16.9. The lowest BCUT2D eigenvalue weighted by Gasteiger charge is -2.20. The smallest absolute Gasteiger partial charge is 0.231 e. The zero-order chi connectivity index (χ0) is 17.3. The van der Waals surface area contributed by atoms with Gasteiger partial charge in [-0.1, -0.05) is 6.07 Å². The van der Waals surface area contributed by atoms with Crippen LogP contribution in [0, 0.1) is 11.8 Å². The van der Waals surface area contributed by atoms with E-state index in [-0.39, 0.29) is 0 Å². The molecule has 3 aliphatic heterocycles. The number of likely N-dealkylation sites (tertiary alicyclic amines) is 1. The number of rotatable bonds is 5. The van der Waals surface area contributed by atoms with E-state index in [0.717, 1.165) is 44.3 Å². The first kappa shape index (κ1) is 15.8. The first-order valence-corrected chi connectivity index (χ1v) is 9.08. The van der Waals surface area contributed by atoms with Crippen LogP contribution in [0.2, 0.25) is 0 Å². The molecule has 0 aliphatic carbocycles. The zero-order valence-corrected chi connectivity index (χ0v) is 14.5. The molecule has 1 aromatic heterocycles. The molecule has 4 heterocycles. The largest absolute Gasteiger partial charge is 0.454 e. The second-order valence-electron chi connectivity index (χ2n) is 7.13. The summed E-state index contributed by atoms with van der Waals surface area (Å²) in [7, 11) is 0. The van der Waals surface area contributed by atoms with Gasteiger partial charge >= 0.3 is 0 Å². The molecule has 0 saturated carbocycles. The highest BCUT2D eigenvalue weighted by Gasteiger charge is 2.43. The van der Waals surface area contributed by atoms with Gasteiger partial charge in [0.2, 0.25) is 12.7 Å².